The van der Waals surface area contributed by atoms with Crippen LogP contribution in [0.2, 0.25) is 0 Å². The molecule has 2 aromatic heterocycles. The Morgan fingerprint density at radius 3 is 2.69 bits per heavy atom. The number of benzene rings is 1. The summed E-state index contributed by atoms with van der Waals surface area (Å²) >= 11 is 1.76. The number of aromatic nitrogens is 3. The lowest BCUT2D eigenvalue weighted by Crippen LogP contribution is -2.23. The van der Waals surface area contributed by atoms with Gasteiger partial charge in [0.1, 0.15) is 5.82 Å². The summed E-state index contributed by atoms with van der Waals surface area (Å²) in [5, 5.41) is 3.68. The average molecular weight is 447 g/mol. The van der Waals surface area contributed by atoms with Crippen LogP contribution in [0.5, 0.6) is 0 Å². The van der Waals surface area contributed by atoms with Crippen LogP contribution in [0.1, 0.15) is 41.7 Å². The maximum absolute atomic E-state index is 12.6. The minimum atomic E-state index is -0.124. The first-order valence-corrected chi connectivity index (χ1v) is 11.9. The van der Waals surface area contributed by atoms with E-state index in [-0.39, 0.29) is 5.91 Å². The van der Waals surface area contributed by atoms with E-state index < -0.39 is 0 Å². The average Bonchev–Trinajstić information content (AvgIpc) is 3.52. The van der Waals surface area contributed by atoms with E-state index in [0.29, 0.717) is 12.1 Å². The molecule has 1 saturated carbocycles. The number of anilines is 2. The maximum atomic E-state index is 12.6. The Labute approximate surface area is 192 Å². The van der Waals surface area contributed by atoms with Gasteiger partial charge in [-0.25, -0.2) is 4.98 Å². The van der Waals surface area contributed by atoms with Crippen LogP contribution < -0.4 is 14.9 Å². The van der Waals surface area contributed by atoms with Gasteiger partial charge in [0, 0.05) is 41.4 Å². The molecule has 5 rings (SSSR count). The molecule has 2 fully saturated rings. The molecule has 32 heavy (non-hydrogen) atoms. The second-order valence-electron chi connectivity index (χ2n) is 8.17. The van der Waals surface area contributed by atoms with Crippen LogP contribution in [-0.4, -0.2) is 39.2 Å². The van der Waals surface area contributed by atoms with E-state index in [1.54, 1.807) is 24.3 Å². The van der Waals surface area contributed by atoms with Crippen molar-refractivity contribution in [3.8, 4) is 11.3 Å². The van der Waals surface area contributed by atoms with Crippen LogP contribution in [0.4, 0.5) is 11.5 Å². The molecule has 1 aliphatic carbocycles. The number of rotatable bonds is 8. The first-order valence-electron chi connectivity index (χ1n) is 11.1. The van der Waals surface area contributed by atoms with E-state index in [1.807, 2.05) is 42.6 Å². The smallest absolute Gasteiger partial charge is 0.251 e. The molecule has 1 aliphatic heterocycles. The normalized spacial score (nSPS) is 15.6. The van der Waals surface area contributed by atoms with E-state index in [9.17, 15) is 4.79 Å². The minimum absolute atomic E-state index is 0.124. The number of hydrogen-bond donors (Lipinski definition) is 2. The molecule has 1 aromatic carbocycles. The largest absolute Gasteiger partial charge is 0.355 e. The molecule has 0 bridgehead atoms. The van der Waals surface area contributed by atoms with Crippen molar-refractivity contribution in [3.63, 3.8) is 0 Å². The highest BCUT2D eigenvalue weighted by atomic mass is 32.2. The number of carbonyl (C=O) groups excluding carboxylic acids is 1. The number of pyridine rings is 1. The van der Waals surface area contributed by atoms with Gasteiger partial charge >= 0.3 is 0 Å². The monoisotopic (exact) mass is 446 g/mol. The van der Waals surface area contributed by atoms with E-state index in [2.05, 4.69) is 24.9 Å². The van der Waals surface area contributed by atoms with Gasteiger partial charge in [0.15, 0.2) is 0 Å². The van der Waals surface area contributed by atoms with E-state index >= 15 is 0 Å². The summed E-state index contributed by atoms with van der Waals surface area (Å²) in [5.41, 5.74) is 4.21. The Morgan fingerprint density at radius 1 is 1.09 bits per heavy atom. The summed E-state index contributed by atoms with van der Waals surface area (Å²) in [4.78, 5) is 28.4. The first kappa shape index (κ1) is 20.8. The molecule has 1 amide bonds. The Bertz CT molecular complexity index is 1080. The number of nitrogens with one attached hydrogen (secondary N) is 2. The lowest BCUT2D eigenvalue weighted by atomic mass is 10.1. The fraction of sp³-hybridized carbons (Fsp3) is 0.333. The molecule has 0 radical (unpaired) electrons. The zero-order valence-corrected chi connectivity index (χ0v) is 18.6. The minimum Gasteiger partial charge on any atom is -0.355 e. The summed E-state index contributed by atoms with van der Waals surface area (Å²) in [6, 6.07) is 11.4. The van der Waals surface area contributed by atoms with Crippen LogP contribution in [0.25, 0.3) is 11.3 Å². The molecule has 164 valence electrons. The Morgan fingerprint density at radius 2 is 1.91 bits per heavy atom. The highest BCUT2D eigenvalue weighted by molar-refractivity contribution is 8.01. The van der Waals surface area contributed by atoms with Gasteiger partial charge in [-0.2, -0.15) is 0 Å². The van der Waals surface area contributed by atoms with Gasteiger partial charge in [0.05, 0.1) is 30.3 Å². The van der Waals surface area contributed by atoms with Gasteiger partial charge < -0.3 is 14.9 Å². The van der Waals surface area contributed by atoms with Crippen molar-refractivity contribution in [2.75, 3.05) is 22.7 Å². The summed E-state index contributed by atoms with van der Waals surface area (Å²) in [6.07, 6.45) is 10.3. The van der Waals surface area contributed by atoms with Crippen molar-refractivity contribution in [1.29, 1.82) is 0 Å². The quantitative estimate of drug-likeness (QED) is 0.500. The predicted octanol–water partition coefficient (Wildman–Crippen LogP) is 4.29. The SMILES string of the molecule is O=C(NCc1cc(NSC2CC2)ccn1)c1ccc(-c2cncc(N3CCCC3)n2)cc1. The number of hydrogen-bond acceptors (Lipinski definition) is 7. The number of carbonyl (C=O) groups is 1. The molecule has 1 saturated heterocycles. The zero-order chi connectivity index (χ0) is 21.8. The fourth-order valence-electron chi connectivity index (χ4n) is 3.63. The molecule has 0 atom stereocenters. The van der Waals surface area contributed by atoms with Gasteiger partial charge in [-0.3, -0.25) is 14.8 Å². The van der Waals surface area contributed by atoms with E-state index in [1.165, 1.54) is 25.7 Å². The van der Waals surface area contributed by atoms with Crippen molar-refractivity contribution >= 4 is 29.4 Å². The summed E-state index contributed by atoms with van der Waals surface area (Å²) in [6.45, 7) is 2.45. The van der Waals surface area contributed by atoms with Crippen molar-refractivity contribution < 1.29 is 4.79 Å². The van der Waals surface area contributed by atoms with Crippen LogP contribution in [0.15, 0.2) is 55.0 Å². The molecule has 3 aromatic rings. The molecular formula is C24H26N6OS. The predicted molar refractivity (Wildman–Crippen MR) is 129 cm³/mol. The van der Waals surface area contributed by atoms with Crippen LogP contribution >= 0.6 is 11.9 Å². The van der Waals surface area contributed by atoms with Crippen LogP contribution in [-0.2, 0) is 6.54 Å². The van der Waals surface area contributed by atoms with Crippen molar-refractivity contribution in [3.05, 3.63) is 66.2 Å². The molecule has 2 aliphatic rings. The van der Waals surface area contributed by atoms with E-state index in [0.717, 1.165) is 46.8 Å². The summed E-state index contributed by atoms with van der Waals surface area (Å²) in [7, 11) is 0. The Kier molecular flexibility index (Phi) is 6.20. The third kappa shape index (κ3) is 5.19. The molecule has 0 unspecified atom stereocenters. The highest BCUT2D eigenvalue weighted by Crippen LogP contribution is 2.34. The topological polar surface area (TPSA) is 83.0 Å². The Balaban J connectivity index is 1.19. The highest BCUT2D eigenvalue weighted by Gasteiger charge is 2.22. The molecule has 7 nitrogen and oxygen atoms in total. The first-order chi connectivity index (χ1) is 15.7. The van der Waals surface area contributed by atoms with Crippen molar-refractivity contribution in [2.24, 2.45) is 0 Å². The maximum Gasteiger partial charge on any atom is 0.251 e. The lowest BCUT2D eigenvalue weighted by Gasteiger charge is -2.16. The number of nitrogens with zero attached hydrogens (tertiary/aromatic N) is 4. The van der Waals surface area contributed by atoms with Gasteiger partial charge in [-0.1, -0.05) is 12.1 Å². The summed E-state index contributed by atoms with van der Waals surface area (Å²) in [5.74, 6) is 0.794. The third-order valence-electron chi connectivity index (χ3n) is 5.61. The van der Waals surface area contributed by atoms with E-state index in [4.69, 9.17) is 4.98 Å². The fourth-order valence-corrected chi connectivity index (χ4v) is 4.44. The van der Waals surface area contributed by atoms with Gasteiger partial charge in [-0.15, -0.1) is 0 Å². The standard InChI is InChI=1S/C24H26N6OS/c31-24(27-14-20-13-19(9-10-26-20)29-32-21-7-8-21)18-5-3-17(4-6-18)22-15-25-16-23(28-22)30-11-1-2-12-30/h3-6,9-10,13,15-16,21H,1-2,7-8,11-12,14H2,(H,26,29)(H,27,31). The second kappa shape index (κ2) is 9.56. The molecule has 2 N–H and O–H groups in total. The van der Waals surface area contributed by atoms with Gasteiger partial charge in [0.2, 0.25) is 0 Å². The second-order valence-corrected chi connectivity index (χ2v) is 9.28. The van der Waals surface area contributed by atoms with Gasteiger partial charge in [-0.05, 0) is 61.9 Å². The molecule has 3 heterocycles. The van der Waals surface area contributed by atoms with Gasteiger partial charge in [0.25, 0.3) is 5.91 Å². The number of amides is 1. The molecule has 0 spiro atoms. The molecule has 8 heteroatoms. The zero-order valence-electron chi connectivity index (χ0n) is 17.8. The van der Waals surface area contributed by atoms with Crippen LogP contribution in [0.3, 0.4) is 0 Å². The summed E-state index contributed by atoms with van der Waals surface area (Å²) < 4.78 is 3.36. The third-order valence-corrected chi connectivity index (χ3v) is 6.77. The lowest BCUT2D eigenvalue weighted by molar-refractivity contribution is 0.0950. The van der Waals surface area contributed by atoms with Crippen molar-refractivity contribution in [1.82, 2.24) is 20.3 Å². The van der Waals surface area contributed by atoms with Crippen molar-refractivity contribution in [2.45, 2.75) is 37.5 Å². The Hall–Kier alpha value is -3.13. The van der Waals surface area contributed by atoms with Crippen LogP contribution in [0, 0.1) is 0 Å². The molecular weight excluding hydrogens is 420 g/mol.